The number of hydrogen-bond acceptors (Lipinski definition) is 5. The van der Waals surface area contributed by atoms with E-state index in [0.29, 0.717) is 11.6 Å². The summed E-state index contributed by atoms with van der Waals surface area (Å²) in [6.07, 6.45) is 2.11. The Labute approximate surface area is 156 Å². The predicted molar refractivity (Wildman–Crippen MR) is 101 cm³/mol. The van der Waals surface area contributed by atoms with Crippen molar-refractivity contribution >= 4 is 33.5 Å². The van der Waals surface area contributed by atoms with E-state index in [9.17, 15) is 17.6 Å². The molecule has 1 heterocycles. The second kappa shape index (κ2) is 9.11. The average molecular weight is 397 g/mol. The van der Waals surface area contributed by atoms with Gasteiger partial charge in [0.2, 0.25) is 15.9 Å². The first-order chi connectivity index (χ1) is 12.3. The summed E-state index contributed by atoms with van der Waals surface area (Å²) in [6, 6.07) is 9.11. The van der Waals surface area contributed by atoms with E-state index in [1.807, 2.05) is 6.26 Å². The van der Waals surface area contributed by atoms with Crippen LogP contribution in [0.15, 0.2) is 47.4 Å². The number of halogens is 1. The average Bonchev–Trinajstić information content (AvgIpc) is 2.58. The highest BCUT2D eigenvalue weighted by Gasteiger charge is 2.27. The summed E-state index contributed by atoms with van der Waals surface area (Å²) in [5, 5.41) is 2.60. The number of aryl methyl sites for hydroxylation is 1. The largest absolute Gasteiger partial charge is 0.309 e. The number of aromatic nitrogens is 1. The summed E-state index contributed by atoms with van der Waals surface area (Å²) in [7, 11) is -4.18. The Morgan fingerprint density at radius 2 is 1.96 bits per heavy atom. The van der Waals surface area contributed by atoms with Crippen molar-refractivity contribution in [3.8, 4) is 0 Å². The first kappa shape index (κ1) is 20.3. The molecule has 6 nitrogen and oxygen atoms in total. The summed E-state index contributed by atoms with van der Waals surface area (Å²) in [4.78, 5) is 16.2. The zero-order valence-corrected chi connectivity index (χ0v) is 16.0. The van der Waals surface area contributed by atoms with Crippen molar-refractivity contribution in [3.63, 3.8) is 0 Å². The van der Waals surface area contributed by atoms with Gasteiger partial charge in [-0.3, -0.25) is 4.79 Å². The molecule has 2 N–H and O–H groups in total. The van der Waals surface area contributed by atoms with Gasteiger partial charge in [0.1, 0.15) is 22.6 Å². The molecule has 0 radical (unpaired) electrons. The molecule has 0 saturated heterocycles. The molecule has 0 aliphatic carbocycles. The fourth-order valence-electron chi connectivity index (χ4n) is 2.22. The molecule has 1 amide bonds. The number of rotatable bonds is 8. The van der Waals surface area contributed by atoms with Crippen LogP contribution in [0, 0.1) is 12.7 Å². The van der Waals surface area contributed by atoms with Gasteiger partial charge < -0.3 is 5.32 Å². The Kier molecular flexibility index (Phi) is 7.13. The molecule has 1 aromatic carbocycles. The lowest BCUT2D eigenvalue weighted by molar-refractivity contribution is -0.117. The fraction of sp³-hybridized carbons (Fsp3) is 0.294. The van der Waals surface area contributed by atoms with Crippen molar-refractivity contribution in [1.29, 1.82) is 0 Å². The van der Waals surface area contributed by atoms with Crippen molar-refractivity contribution < 1.29 is 17.6 Å². The van der Waals surface area contributed by atoms with Crippen molar-refractivity contribution in [2.45, 2.75) is 24.3 Å². The molecular weight excluding hydrogens is 377 g/mol. The van der Waals surface area contributed by atoms with E-state index in [1.54, 1.807) is 25.1 Å². The van der Waals surface area contributed by atoms with Crippen LogP contribution in [-0.4, -0.2) is 37.4 Å². The number of sulfonamides is 1. The smallest absolute Gasteiger partial charge is 0.244 e. The van der Waals surface area contributed by atoms with Gasteiger partial charge in [0.25, 0.3) is 0 Å². The Morgan fingerprint density at radius 3 is 2.62 bits per heavy atom. The Hall–Kier alpha value is -1.97. The monoisotopic (exact) mass is 397 g/mol. The van der Waals surface area contributed by atoms with Crippen LogP contribution >= 0.6 is 11.8 Å². The molecule has 2 rings (SSSR count). The number of amides is 1. The molecule has 2 aromatic rings. The zero-order chi connectivity index (χ0) is 19.2. The maximum atomic E-state index is 13.8. The summed E-state index contributed by atoms with van der Waals surface area (Å²) in [5.74, 6) is -0.533. The lowest BCUT2D eigenvalue weighted by atomic mass is 10.2. The topological polar surface area (TPSA) is 88.2 Å². The van der Waals surface area contributed by atoms with Crippen LogP contribution in [0.1, 0.15) is 12.1 Å². The first-order valence-corrected chi connectivity index (χ1v) is 10.7. The SMILES string of the molecule is CSCC[C@H](NS(=O)(=O)c1ccccc1F)C(=O)Nc1cccc(C)n1. The van der Waals surface area contributed by atoms with Gasteiger partial charge in [-0.1, -0.05) is 18.2 Å². The molecule has 0 unspecified atom stereocenters. The van der Waals surface area contributed by atoms with Crippen LogP contribution in [0.3, 0.4) is 0 Å². The van der Waals surface area contributed by atoms with E-state index in [-0.39, 0.29) is 6.42 Å². The third-order valence-corrected chi connectivity index (χ3v) is 5.64. The minimum atomic E-state index is -4.18. The van der Waals surface area contributed by atoms with Crippen molar-refractivity contribution in [2.24, 2.45) is 0 Å². The Bertz CT molecular complexity index is 875. The maximum Gasteiger partial charge on any atom is 0.244 e. The molecule has 0 fully saturated rings. The van der Waals surface area contributed by atoms with Gasteiger partial charge >= 0.3 is 0 Å². The molecular formula is C17H20FN3O3S2. The summed E-state index contributed by atoms with van der Waals surface area (Å²) in [6.45, 7) is 1.78. The van der Waals surface area contributed by atoms with Crippen molar-refractivity contribution in [2.75, 3.05) is 17.3 Å². The van der Waals surface area contributed by atoms with E-state index >= 15 is 0 Å². The normalized spacial score (nSPS) is 12.6. The predicted octanol–water partition coefficient (Wildman–Crippen LogP) is 2.57. The van der Waals surface area contributed by atoms with Crippen LogP contribution in [0.25, 0.3) is 0 Å². The quantitative estimate of drug-likeness (QED) is 0.715. The summed E-state index contributed by atoms with van der Waals surface area (Å²) >= 11 is 1.48. The van der Waals surface area contributed by atoms with Gasteiger partial charge in [-0.05, 0) is 49.6 Å². The molecule has 0 spiro atoms. The second-order valence-corrected chi connectivity index (χ2v) is 8.21. The number of thioether (sulfide) groups is 1. The number of carbonyl (C=O) groups is 1. The van der Waals surface area contributed by atoms with Gasteiger partial charge in [0, 0.05) is 5.69 Å². The fourth-order valence-corrected chi connectivity index (χ4v) is 4.00. The van der Waals surface area contributed by atoms with E-state index < -0.39 is 32.7 Å². The molecule has 1 atom stereocenters. The molecule has 140 valence electrons. The Balaban J connectivity index is 2.21. The van der Waals surface area contributed by atoms with Gasteiger partial charge in [0.15, 0.2) is 0 Å². The molecule has 1 aromatic heterocycles. The summed E-state index contributed by atoms with van der Waals surface area (Å²) < 4.78 is 41.1. The highest BCUT2D eigenvalue weighted by atomic mass is 32.2. The molecule has 0 saturated carbocycles. The molecule has 0 aliphatic heterocycles. The number of hydrogen-bond donors (Lipinski definition) is 2. The Morgan fingerprint density at radius 1 is 1.23 bits per heavy atom. The number of carbonyl (C=O) groups excluding carboxylic acids is 1. The van der Waals surface area contributed by atoms with E-state index in [1.165, 1.54) is 23.9 Å². The van der Waals surface area contributed by atoms with Crippen LogP contribution in [0.2, 0.25) is 0 Å². The van der Waals surface area contributed by atoms with E-state index in [2.05, 4.69) is 15.0 Å². The molecule has 0 aliphatic rings. The zero-order valence-electron chi connectivity index (χ0n) is 14.4. The van der Waals surface area contributed by atoms with E-state index in [4.69, 9.17) is 0 Å². The minimum absolute atomic E-state index is 0.256. The number of nitrogens with zero attached hydrogens (tertiary/aromatic N) is 1. The number of benzene rings is 1. The van der Waals surface area contributed by atoms with Crippen LogP contribution in [-0.2, 0) is 14.8 Å². The number of nitrogens with one attached hydrogen (secondary N) is 2. The highest BCUT2D eigenvalue weighted by Crippen LogP contribution is 2.15. The lowest BCUT2D eigenvalue weighted by Gasteiger charge is -2.18. The van der Waals surface area contributed by atoms with Gasteiger partial charge in [-0.25, -0.2) is 17.8 Å². The van der Waals surface area contributed by atoms with Crippen molar-refractivity contribution in [1.82, 2.24) is 9.71 Å². The van der Waals surface area contributed by atoms with Crippen LogP contribution < -0.4 is 10.0 Å². The third kappa shape index (κ3) is 5.52. The van der Waals surface area contributed by atoms with E-state index in [0.717, 1.165) is 17.8 Å². The third-order valence-electron chi connectivity index (χ3n) is 3.49. The maximum absolute atomic E-state index is 13.8. The second-order valence-electron chi connectivity index (χ2n) is 5.54. The molecule has 0 bridgehead atoms. The highest BCUT2D eigenvalue weighted by molar-refractivity contribution is 7.98. The number of pyridine rings is 1. The summed E-state index contributed by atoms with van der Waals surface area (Å²) in [5.41, 5.74) is 0.718. The molecule has 26 heavy (non-hydrogen) atoms. The van der Waals surface area contributed by atoms with Crippen LogP contribution in [0.5, 0.6) is 0 Å². The lowest BCUT2D eigenvalue weighted by Crippen LogP contribution is -2.44. The van der Waals surface area contributed by atoms with Gasteiger partial charge in [-0.15, -0.1) is 0 Å². The standard InChI is InChI=1S/C17H20FN3O3S2/c1-12-6-5-9-16(19-12)20-17(22)14(10-11-25-2)21-26(23,24)15-8-4-3-7-13(15)18/h3-9,14,21H,10-11H2,1-2H3,(H,19,20,22)/t14-/m0/s1. The first-order valence-electron chi connectivity index (χ1n) is 7.84. The molecule has 9 heteroatoms. The number of anilines is 1. The van der Waals surface area contributed by atoms with Gasteiger partial charge in [-0.2, -0.15) is 16.5 Å². The van der Waals surface area contributed by atoms with Crippen LogP contribution in [0.4, 0.5) is 10.2 Å². The van der Waals surface area contributed by atoms with Gasteiger partial charge in [0.05, 0.1) is 0 Å². The van der Waals surface area contributed by atoms with Crippen molar-refractivity contribution in [3.05, 3.63) is 54.0 Å². The minimum Gasteiger partial charge on any atom is -0.309 e.